The second-order valence-electron chi connectivity index (χ2n) is 4.70. The molecule has 0 atom stereocenters. The van der Waals surface area contributed by atoms with Gasteiger partial charge in [-0.2, -0.15) is 10.2 Å². The number of amides is 1. The van der Waals surface area contributed by atoms with Gasteiger partial charge < -0.3 is 15.2 Å². The van der Waals surface area contributed by atoms with E-state index in [9.17, 15) is 9.18 Å². The molecule has 3 aromatic rings. The number of carbonyl (C=O) groups is 1. The predicted molar refractivity (Wildman–Crippen MR) is 87.9 cm³/mol. The van der Waals surface area contributed by atoms with E-state index in [1.54, 1.807) is 24.4 Å². The molecule has 122 valence electrons. The van der Waals surface area contributed by atoms with Crippen molar-refractivity contribution in [3.8, 4) is 0 Å². The molecule has 1 amide bonds. The molecule has 0 aliphatic rings. The molecule has 0 aliphatic heterocycles. The largest absolute Gasteiger partial charge is 0.375 e. The summed E-state index contributed by atoms with van der Waals surface area (Å²) in [5, 5.41) is 16.8. The fourth-order valence-corrected chi connectivity index (χ4v) is 2.31. The van der Waals surface area contributed by atoms with Gasteiger partial charge in [-0.05, 0) is 40.2 Å². The Bertz CT molecular complexity index is 856. The van der Waals surface area contributed by atoms with E-state index >= 15 is 0 Å². The number of aromatic nitrogens is 3. The maximum absolute atomic E-state index is 14.1. The maximum atomic E-state index is 14.1. The highest BCUT2D eigenvalue weighted by Gasteiger charge is 2.17. The van der Waals surface area contributed by atoms with Crippen molar-refractivity contribution < 1.29 is 13.7 Å². The first-order chi connectivity index (χ1) is 11.6. The van der Waals surface area contributed by atoms with Crippen LogP contribution in [0.25, 0.3) is 0 Å². The van der Waals surface area contributed by atoms with Crippen LogP contribution in [0.5, 0.6) is 0 Å². The quantitative estimate of drug-likeness (QED) is 0.693. The molecular formula is C15H11BrFN5O2. The van der Waals surface area contributed by atoms with Crippen LogP contribution in [-0.2, 0) is 6.54 Å². The third-order valence-electron chi connectivity index (χ3n) is 3.08. The number of para-hydroxylation sites is 1. The average molecular weight is 392 g/mol. The standard InChI is InChI=1S/C15H11BrFN5O2/c16-10-8-24-22-13(10)15(23)20-12-5-1-4-11(17)14(12)18-7-9-3-2-6-19-21-9/h1-6,8,18H,7H2,(H,20,23). The van der Waals surface area contributed by atoms with Crippen molar-refractivity contribution in [1.82, 2.24) is 15.4 Å². The Labute approximate surface area is 144 Å². The van der Waals surface area contributed by atoms with Gasteiger partial charge in [0.05, 0.1) is 28.1 Å². The van der Waals surface area contributed by atoms with Crippen LogP contribution in [0.1, 0.15) is 16.2 Å². The molecule has 3 rings (SSSR count). The summed E-state index contributed by atoms with van der Waals surface area (Å²) in [6.07, 6.45) is 2.84. The molecule has 24 heavy (non-hydrogen) atoms. The van der Waals surface area contributed by atoms with Crippen molar-refractivity contribution in [2.45, 2.75) is 6.54 Å². The van der Waals surface area contributed by atoms with E-state index in [0.29, 0.717) is 10.2 Å². The van der Waals surface area contributed by atoms with Crippen LogP contribution in [-0.4, -0.2) is 21.3 Å². The smallest absolute Gasteiger partial charge is 0.279 e. The van der Waals surface area contributed by atoms with E-state index in [-0.39, 0.29) is 23.6 Å². The second kappa shape index (κ2) is 7.18. The van der Waals surface area contributed by atoms with Crippen LogP contribution >= 0.6 is 15.9 Å². The molecule has 0 saturated heterocycles. The monoisotopic (exact) mass is 391 g/mol. The molecule has 1 aromatic carbocycles. The van der Waals surface area contributed by atoms with Crippen LogP contribution in [0, 0.1) is 5.82 Å². The SMILES string of the molecule is O=C(Nc1cccc(F)c1NCc1cccnn1)c1nocc1Br. The predicted octanol–water partition coefficient (Wildman–Crippen LogP) is 3.23. The van der Waals surface area contributed by atoms with Crippen LogP contribution in [0.3, 0.4) is 0 Å². The zero-order valence-electron chi connectivity index (χ0n) is 12.2. The Morgan fingerprint density at radius 2 is 2.17 bits per heavy atom. The highest BCUT2D eigenvalue weighted by molar-refractivity contribution is 9.10. The minimum absolute atomic E-state index is 0.0686. The molecule has 7 nitrogen and oxygen atoms in total. The summed E-state index contributed by atoms with van der Waals surface area (Å²) in [7, 11) is 0. The fraction of sp³-hybridized carbons (Fsp3) is 0.0667. The molecule has 0 saturated carbocycles. The first kappa shape index (κ1) is 16.1. The van der Waals surface area contributed by atoms with E-state index in [4.69, 9.17) is 4.52 Å². The summed E-state index contributed by atoms with van der Waals surface area (Å²) in [5.41, 5.74) is 1.13. The topological polar surface area (TPSA) is 92.9 Å². The molecule has 0 radical (unpaired) electrons. The lowest BCUT2D eigenvalue weighted by Crippen LogP contribution is -2.15. The Balaban J connectivity index is 1.80. The number of benzene rings is 1. The number of hydrogen-bond donors (Lipinski definition) is 2. The van der Waals surface area contributed by atoms with Gasteiger partial charge >= 0.3 is 0 Å². The van der Waals surface area contributed by atoms with Gasteiger partial charge in [-0.15, -0.1) is 0 Å². The van der Waals surface area contributed by atoms with Gasteiger partial charge in [0.1, 0.15) is 12.1 Å². The lowest BCUT2D eigenvalue weighted by Gasteiger charge is -2.13. The molecule has 2 aromatic heterocycles. The van der Waals surface area contributed by atoms with Crippen LogP contribution in [0.4, 0.5) is 15.8 Å². The Morgan fingerprint density at radius 1 is 1.29 bits per heavy atom. The van der Waals surface area contributed by atoms with Crippen molar-refractivity contribution >= 4 is 33.2 Å². The summed E-state index contributed by atoms with van der Waals surface area (Å²) >= 11 is 3.15. The normalized spacial score (nSPS) is 10.4. The number of carbonyl (C=O) groups excluding carboxylic acids is 1. The highest BCUT2D eigenvalue weighted by Crippen LogP contribution is 2.26. The minimum atomic E-state index is -0.524. The average Bonchev–Trinajstić information content (AvgIpc) is 3.01. The molecule has 9 heteroatoms. The van der Waals surface area contributed by atoms with Gasteiger partial charge in [-0.25, -0.2) is 4.39 Å². The number of hydrogen-bond acceptors (Lipinski definition) is 6. The molecule has 0 unspecified atom stereocenters. The first-order valence-corrected chi connectivity index (χ1v) is 7.64. The molecule has 0 spiro atoms. The van der Waals surface area contributed by atoms with Crippen LogP contribution < -0.4 is 10.6 Å². The maximum Gasteiger partial charge on any atom is 0.279 e. The Hall–Kier alpha value is -2.81. The summed E-state index contributed by atoms with van der Waals surface area (Å²) in [5.74, 6) is -1.03. The van der Waals surface area contributed by atoms with Gasteiger partial charge in [-0.3, -0.25) is 4.79 Å². The number of halogens is 2. The third kappa shape index (κ3) is 3.57. The summed E-state index contributed by atoms with van der Waals surface area (Å²) in [6.45, 7) is 0.255. The Morgan fingerprint density at radius 3 is 2.88 bits per heavy atom. The van der Waals surface area contributed by atoms with Crippen LogP contribution in [0.15, 0.2) is 51.8 Å². The van der Waals surface area contributed by atoms with Crippen molar-refractivity contribution in [3.63, 3.8) is 0 Å². The summed E-state index contributed by atoms with van der Waals surface area (Å²) in [6, 6.07) is 7.85. The van der Waals surface area contributed by atoms with Gasteiger partial charge in [0.2, 0.25) is 0 Å². The molecule has 2 heterocycles. The van der Waals surface area contributed by atoms with Gasteiger partial charge in [0.25, 0.3) is 5.91 Å². The zero-order chi connectivity index (χ0) is 16.9. The van der Waals surface area contributed by atoms with Gasteiger partial charge in [0.15, 0.2) is 5.69 Å². The lowest BCUT2D eigenvalue weighted by atomic mass is 10.2. The number of nitrogens with one attached hydrogen (secondary N) is 2. The number of nitrogens with zero attached hydrogens (tertiary/aromatic N) is 3. The Kier molecular flexibility index (Phi) is 4.80. The molecule has 0 bridgehead atoms. The van der Waals surface area contributed by atoms with Crippen LogP contribution in [0.2, 0.25) is 0 Å². The second-order valence-corrected chi connectivity index (χ2v) is 5.55. The molecule has 2 N–H and O–H groups in total. The van der Waals surface area contributed by atoms with E-state index < -0.39 is 11.7 Å². The van der Waals surface area contributed by atoms with E-state index in [1.807, 2.05) is 0 Å². The highest BCUT2D eigenvalue weighted by atomic mass is 79.9. The van der Waals surface area contributed by atoms with Crippen molar-refractivity contribution in [2.24, 2.45) is 0 Å². The molecular weight excluding hydrogens is 381 g/mol. The molecule has 0 aliphatic carbocycles. The van der Waals surface area contributed by atoms with E-state index in [1.165, 1.54) is 18.4 Å². The summed E-state index contributed by atoms with van der Waals surface area (Å²) < 4.78 is 19.2. The van der Waals surface area contributed by atoms with E-state index in [2.05, 4.69) is 41.9 Å². The van der Waals surface area contributed by atoms with Gasteiger partial charge in [-0.1, -0.05) is 11.2 Å². The molecule has 0 fully saturated rings. The fourth-order valence-electron chi connectivity index (χ4n) is 1.97. The third-order valence-corrected chi connectivity index (χ3v) is 3.64. The minimum Gasteiger partial charge on any atom is -0.375 e. The van der Waals surface area contributed by atoms with Crippen molar-refractivity contribution in [1.29, 1.82) is 0 Å². The first-order valence-electron chi connectivity index (χ1n) is 6.85. The lowest BCUT2D eigenvalue weighted by molar-refractivity contribution is 0.101. The summed E-state index contributed by atoms with van der Waals surface area (Å²) in [4.78, 5) is 12.2. The number of anilines is 2. The van der Waals surface area contributed by atoms with E-state index in [0.717, 1.165) is 0 Å². The number of rotatable bonds is 5. The van der Waals surface area contributed by atoms with Crippen molar-refractivity contribution in [3.05, 3.63) is 64.5 Å². The van der Waals surface area contributed by atoms with Crippen molar-refractivity contribution in [2.75, 3.05) is 10.6 Å². The van der Waals surface area contributed by atoms with Gasteiger partial charge in [0, 0.05) is 6.20 Å². The zero-order valence-corrected chi connectivity index (χ0v) is 13.7.